The molecule has 1 saturated heterocycles. The molecular weight excluding hydrogens is 371 g/mol. The maximum Gasteiger partial charge on any atom is 0.389 e. The first-order valence-electron chi connectivity index (χ1n) is 9.61. The molecule has 0 saturated carbocycles. The normalized spacial score (nSPS) is 20.7. The molecule has 0 amide bonds. The summed E-state index contributed by atoms with van der Waals surface area (Å²) < 4.78 is 42.2. The van der Waals surface area contributed by atoms with Crippen LogP contribution in [0.15, 0.2) is 23.8 Å². The van der Waals surface area contributed by atoms with Crippen molar-refractivity contribution in [2.45, 2.75) is 39.3 Å². The number of fused-ring (bicyclic) bond motifs is 1. The van der Waals surface area contributed by atoms with Crippen molar-refractivity contribution >= 4 is 11.5 Å². The predicted molar refractivity (Wildman–Crippen MR) is 100 cm³/mol. The van der Waals surface area contributed by atoms with Gasteiger partial charge in [-0.3, -0.25) is 9.69 Å². The Morgan fingerprint density at radius 2 is 2.04 bits per heavy atom. The average Bonchev–Trinajstić information content (AvgIpc) is 2.55. The van der Waals surface area contributed by atoms with Crippen molar-refractivity contribution in [3.8, 4) is 5.75 Å². The van der Waals surface area contributed by atoms with Gasteiger partial charge in [-0.15, -0.1) is 0 Å². The fourth-order valence-electron chi connectivity index (χ4n) is 4.02. The summed E-state index contributed by atoms with van der Waals surface area (Å²) in [6.07, 6.45) is -4.18. The Balaban J connectivity index is 1.63. The van der Waals surface area contributed by atoms with Gasteiger partial charge >= 0.3 is 12.1 Å². The number of aliphatic carboxylic acids is 1. The zero-order valence-electron chi connectivity index (χ0n) is 16.2. The third kappa shape index (κ3) is 4.87. The first-order valence-corrected chi connectivity index (χ1v) is 9.61. The van der Waals surface area contributed by atoms with Crippen LogP contribution in [0, 0.1) is 11.8 Å². The number of halogens is 3. The van der Waals surface area contributed by atoms with E-state index in [1.165, 1.54) is 11.1 Å². The lowest BCUT2D eigenvalue weighted by Crippen LogP contribution is -2.51. The van der Waals surface area contributed by atoms with Crippen LogP contribution in [0.25, 0.3) is 5.57 Å². The number of hydrogen-bond acceptors (Lipinski definition) is 3. The Bertz CT molecular complexity index is 767. The van der Waals surface area contributed by atoms with Crippen molar-refractivity contribution in [1.82, 2.24) is 4.90 Å². The molecule has 1 aliphatic heterocycles. The summed E-state index contributed by atoms with van der Waals surface area (Å²) in [4.78, 5) is 13.1. The highest BCUT2D eigenvalue weighted by Crippen LogP contribution is 2.37. The van der Waals surface area contributed by atoms with Crippen LogP contribution in [-0.4, -0.2) is 48.4 Å². The van der Waals surface area contributed by atoms with Gasteiger partial charge in [0.05, 0.1) is 12.5 Å². The number of rotatable bonds is 7. The summed E-state index contributed by atoms with van der Waals surface area (Å²) in [7, 11) is 0. The second kappa shape index (κ2) is 8.15. The Morgan fingerprint density at radius 3 is 2.68 bits per heavy atom. The molecule has 0 spiro atoms. The van der Waals surface area contributed by atoms with E-state index < -0.39 is 18.6 Å². The molecule has 1 aliphatic carbocycles. The standard InChI is InChI=1S/C21H26F3NO3/c1-13-8-15-9-17(28-7-3-6-21(22,23)24)4-5-18(15)14(2)19(13)12-25-10-16(11-25)20(26)27/h4-5,9,13,16H,3,6-8,10-12H2,1-2H3,(H,26,27)/t13-/m1/s1. The van der Waals surface area contributed by atoms with Gasteiger partial charge in [0.1, 0.15) is 5.75 Å². The maximum absolute atomic E-state index is 12.2. The van der Waals surface area contributed by atoms with Crippen LogP contribution >= 0.6 is 0 Å². The molecule has 0 bridgehead atoms. The fraction of sp³-hybridized carbons (Fsp3) is 0.571. The molecule has 1 aromatic carbocycles. The molecule has 1 atom stereocenters. The number of carboxylic acid groups (broad SMARTS) is 1. The summed E-state index contributed by atoms with van der Waals surface area (Å²) in [5.74, 6) is -0.0517. The average molecular weight is 397 g/mol. The Labute approximate surface area is 163 Å². The molecule has 4 nitrogen and oxygen atoms in total. The highest BCUT2D eigenvalue weighted by molar-refractivity contribution is 5.74. The van der Waals surface area contributed by atoms with E-state index in [1.807, 2.05) is 18.2 Å². The summed E-state index contributed by atoms with van der Waals surface area (Å²) >= 11 is 0. The van der Waals surface area contributed by atoms with Crippen LogP contribution < -0.4 is 4.74 Å². The molecule has 1 fully saturated rings. The summed E-state index contributed by atoms with van der Waals surface area (Å²) in [6.45, 7) is 6.27. The molecule has 3 rings (SSSR count). The van der Waals surface area contributed by atoms with E-state index in [-0.39, 0.29) is 18.9 Å². The lowest BCUT2D eigenvalue weighted by Gasteiger charge is -2.39. The lowest BCUT2D eigenvalue weighted by atomic mass is 9.79. The van der Waals surface area contributed by atoms with Crippen LogP contribution in [-0.2, 0) is 11.2 Å². The minimum absolute atomic E-state index is 0.0484. The van der Waals surface area contributed by atoms with Gasteiger partial charge in [-0.05, 0) is 60.1 Å². The van der Waals surface area contributed by atoms with Crippen LogP contribution in [0.2, 0.25) is 0 Å². The number of nitrogens with zero attached hydrogens (tertiary/aromatic N) is 1. The molecule has 2 aliphatic rings. The van der Waals surface area contributed by atoms with Crippen LogP contribution in [0.4, 0.5) is 13.2 Å². The number of benzene rings is 1. The van der Waals surface area contributed by atoms with Crippen LogP contribution in [0.5, 0.6) is 5.75 Å². The zero-order chi connectivity index (χ0) is 20.5. The monoisotopic (exact) mass is 397 g/mol. The van der Waals surface area contributed by atoms with Gasteiger partial charge in [-0.2, -0.15) is 13.2 Å². The smallest absolute Gasteiger partial charge is 0.389 e. The van der Waals surface area contributed by atoms with E-state index in [9.17, 15) is 18.0 Å². The Morgan fingerprint density at radius 1 is 1.32 bits per heavy atom. The summed E-state index contributed by atoms with van der Waals surface area (Å²) in [5.41, 5.74) is 4.83. The van der Waals surface area contributed by atoms with Crippen molar-refractivity contribution in [3.63, 3.8) is 0 Å². The summed E-state index contributed by atoms with van der Waals surface area (Å²) in [5, 5.41) is 9.03. The van der Waals surface area contributed by atoms with Crippen LogP contribution in [0.1, 0.15) is 37.8 Å². The van der Waals surface area contributed by atoms with E-state index in [4.69, 9.17) is 9.84 Å². The molecule has 0 unspecified atom stereocenters. The van der Waals surface area contributed by atoms with E-state index in [1.54, 1.807) is 0 Å². The SMILES string of the molecule is CC1=C(CN2CC(C(=O)O)C2)[C@H](C)Cc2cc(OCCCC(F)(F)F)ccc21. The first kappa shape index (κ1) is 20.7. The number of hydrogen-bond donors (Lipinski definition) is 1. The van der Waals surface area contributed by atoms with Gasteiger partial charge < -0.3 is 9.84 Å². The van der Waals surface area contributed by atoms with Gasteiger partial charge in [0.15, 0.2) is 0 Å². The fourth-order valence-corrected chi connectivity index (χ4v) is 4.02. The quantitative estimate of drug-likeness (QED) is 0.694. The minimum Gasteiger partial charge on any atom is -0.494 e. The molecule has 7 heteroatoms. The topological polar surface area (TPSA) is 49.8 Å². The second-order valence-corrected chi connectivity index (χ2v) is 7.87. The molecule has 28 heavy (non-hydrogen) atoms. The van der Waals surface area contributed by atoms with E-state index in [0.29, 0.717) is 24.8 Å². The number of alkyl halides is 3. The van der Waals surface area contributed by atoms with Gasteiger partial charge in [-0.1, -0.05) is 13.0 Å². The van der Waals surface area contributed by atoms with E-state index in [0.717, 1.165) is 24.1 Å². The van der Waals surface area contributed by atoms with E-state index >= 15 is 0 Å². The molecule has 1 N–H and O–H groups in total. The van der Waals surface area contributed by atoms with Crippen molar-refractivity contribution < 1.29 is 27.8 Å². The minimum atomic E-state index is -4.14. The van der Waals surface area contributed by atoms with Gasteiger partial charge in [-0.25, -0.2) is 0 Å². The lowest BCUT2D eigenvalue weighted by molar-refractivity contribution is -0.147. The van der Waals surface area contributed by atoms with Gasteiger partial charge in [0, 0.05) is 26.1 Å². The highest BCUT2D eigenvalue weighted by atomic mass is 19.4. The first-order chi connectivity index (χ1) is 13.1. The van der Waals surface area contributed by atoms with E-state index in [2.05, 4.69) is 18.7 Å². The van der Waals surface area contributed by atoms with Crippen molar-refractivity contribution in [1.29, 1.82) is 0 Å². The van der Waals surface area contributed by atoms with Crippen molar-refractivity contribution in [2.75, 3.05) is 26.2 Å². The zero-order valence-corrected chi connectivity index (χ0v) is 16.2. The molecule has 1 heterocycles. The number of allylic oxidation sites excluding steroid dienone is 1. The number of carboxylic acids is 1. The number of likely N-dealkylation sites (tertiary alicyclic amines) is 1. The maximum atomic E-state index is 12.2. The van der Waals surface area contributed by atoms with Crippen LogP contribution in [0.3, 0.4) is 0 Å². The Hall–Kier alpha value is -2.02. The second-order valence-electron chi connectivity index (χ2n) is 7.87. The van der Waals surface area contributed by atoms with Crippen molar-refractivity contribution in [3.05, 3.63) is 34.9 Å². The molecule has 1 aromatic rings. The predicted octanol–water partition coefficient (Wildman–Crippen LogP) is 4.39. The van der Waals surface area contributed by atoms with Gasteiger partial charge in [0.25, 0.3) is 0 Å². The molecule has 0 aromatic heterocycles. The molecule has 0 radical (unpaired) electrons. The highest BCUT2D eigenvalue weighted by Gasteiger charge is 2.34. The molecular formula is C21H26F3NO3. The number of ether oxygens (including phenoxy) is 1. The third-order valence-corrected chi connectivity index (χ3v) is 5.66. The largest absolute Gasteiger partial charge is 0.494 e. The van der Waals surface area contributed by atoms with Crippen molar-refractivity contribution in [2.24, 2.45) is 11.8 Å². The number of carbonyl (C=O) groups is 1. The third-order valence-electron chi connectivity index (χ3n) is 5.66. The van der Waals surface area contributed by atoms with Gasteiger partial charge in [0.2, 0.25) is 0 Å². The molecule has 154 valence electrons. The Kier molecular flexibility index (Phi) is 6.03. The summed E-state index contributed by atoms with van der Waals surface area (Å²) in [6, 6.07) is 5.73.